The zero-order valence-electron chi connectivity index (χ0n) is 13.3. The Bertz CT molecular complexity index is 263. The summed E-state index contributed by atoms with van der Waals surface area (Å²) in [7, 11) is 2.07. The van der Waals surface area contributed by atoms with Crippen LogP contribution in [0.15, 0.2) is 0 Å². The van der Waals surface area contributed by atoms with Gasteiger partial charge in [0.25, 0.3) is 0 Å². The van der Waals surface area contributed by atoms with E-state index in [0.717, 1.165) is 32.6 Å². The van der Waals surface area contributed by atoms with Crippen LogP contribution in [0.5, 0.6) is 0 Å². The van der Waals surface area contributed by atoms with Crippen LogP contribution in [0.2, 0.25) is 0 Å². The third kappa shape index (κ3) is 5.91. The molecule has 0 radical (unpaired) electrons. The molecule has 0 saturated carbocycles. The number of hydrogen-bond donors (Lipinski definition) is 1. The fraction of sp³-hybridized carbons (Fsp3) is 0.933. The molecule has 4 heteroatoms. The molecule has 1 fully saturated rings. The van der Waals surface area contributed by atoms with Crippen molar-refractivity contribution in [2.75, 3.05) is 39.8 Å². The van der Waals surface area contributed by atoms with E-state index in [1.54, 1.807) is 0 Å². The Morgan fingerprint density at radius 3 is 2.21 bits per heavy atom. The molecule has 1 atom stereocenters. The molecule has 1 aliphatic heterocycles. The maximum atomic E-state index is 12.4. The molecule has 1 aliphatic rings. The molecule has 1 amide bonds. The Balaban J connectivity index is 2.49. The Morgan fingerprint density at radius 2 is 1.79 bits per heavy atom. The van der Waals surface area contributed by atoms with Gasteiger partial charge in [0, 0.05) is 25.7 Å². The second-order valence-corrected chi connectivity index (χ2v) is 6.65. The molecule has 1 N–H and O–H groups in total. The summed E-state index contributed by atoms with van der Waals surface area (Å²) in [6, 6.07) is 0.517. The van der Waals surface area contributed by atoms with Gasteiger partial charge in [0.1, 0.15) is 0 Å². The van der Waals surface area contributed by atoms with Crippen LogP contribution in [-0.2, 0) is 4.79 Å². The van der Waals surface area contributed by atoms with Crippen molar-refractivity contribution in [1.82, 2.24) is 15.1 Å². The second kappa shape index (κ2) is 7.85. The molecule has 0 aromatic rings. The first-order chi connectivity index (χ1) is 8.90. The van der Waals surface area contributed by atoms with E-state index in [2.05, 4.69) is 45.0 Å². The van der Waals surface area contributed by atoms with Crippen LogP contribution in [0.25, 0.3) is 0 Å². The molecule has 0 spiro atoms. The molecule has 1 saturated heterocycles. The van der Waals surface area contributed by atoms with Gasteiger partial charge in [-0.1, -0.05) is 27.7 Å². The van der Waals surface area contributed by atoms with Crippen LogP contribution in [0.1, 0.15) is 34.1 Å². The van der Waals surface area contributed by atoms with Crippen molar-refractivity contribution in [1.29, 1.82) is 0 Å². The summed E-state index contributed by atoms with van der Waals surface area (Å²) >= 11 is 0. The van der Waals surface area contributed by atoms with Crippen LogP contribution in [0.4, 0.5) is 0 Å². The fourth-order valence-electron chi connectivity index (χ4n) is 2.62. The van der Waals surface area contributed by atoms with Gasteiger partial charge in [0.15, 0.2) is 0 Å². The van der Waals surface area contributed by atoms with Crippen molar-refractivity contribution >= 4 is 5.91 Å². The number of likely N-dealkylation sites (N-methyl/N-ethyl adjacent to an activating group) is 1. The first-order valence-corrected chi connectivity index (χ1v) is 7.58. The summed E-state index contributed by atoms with van der Waals surface area (Å²) in [6.07, 6.45) is 1.15. The van der Waals surface area contributed by atoms with Crippen LogP contribution in [0.3, 0.4) is 0 Å². The maximum Gasteiger partial charge on any atom is 0.236 e. The number of nitrogens with one attached hydrogen (secondary N) is 1. The van der Waals surface area contributed by atoms with E-state index in [1.807, 2.05) is 4.90 Å². The SMILES string of the molecule is CC(C)CN(CC(C)C)C(=O)CN(C)C1CCNC1. The average molecular weight is 269 g/mol. The Kier molecular flexibility index (Phi) is 6.80. The summed E-state index contributed by atoms with van der Waals surface area (Å²) in [5.74, 6) is 1.33. The molecule has 4 nitrogen and oxygen atoms in total. The van der Waals surface area contributed by atoms with Gasteiger partial charge in [-0.05, 0) is 31.8 Å². The van der Waals surface area contributed by atoms with Gasteiger partial charge >= 0.3 is 0 Å². The highest BCUT2D eigenvalue weighted by Gasteiger charge is 2.23. The highest BCUT2D eigenvalue weighted by atomic mass is 16.2. The molecule has 0 aliphatic carbocycles. The number of nitrogens with zero attached hydrogens (tertiary/aromatic N) is 2. The molecule has 0 aromatic carbocycles. The van der Waals surface area contributed by atoms with Crippen LogP contribution in [0, 0.1) is 11.8 Å². The molecule has 19 heavy (non-hydrogen) atoms. The lowest BCUT2D eigenvalue weighted by Gasteiger charge is -2.30. The quantitative estimate of drug-likeness (QED) is 0.759. The third-order valence-electron chi connectivity index (χ3n) is 3.57. The Morgan fingerprint density at radius 1 is 1.21 bits per heavy atom. The smallest absolute Gasteiger partial charge is 0.236 e. The number of rotatable bonds is 7. The van der Waals surface area contributed by atoms with Crippen molar-refractivity contribution in [3.63, 3.8) is 0 Å². The van der Waals surface area contributed by atoms with Gasteiger partial charge in [-0.3, -0.25) is 9.69 Å². The van der Waals surface area contributed by atoms with Gasteiger partial charge in [0.2, 0.25) is 5.91 Å². The molecule has 1 unspecified atom stereocenters. The molecule has 1 rings (SSSR count). The average Bonchev–Trinajstić information content (AvgIpc) is 2.79. The van der Waals surface area contributed by atoms with Crippen LogP contribution < -0.4 is 5.32 Å². The molecular weight excluding hydrogens is 238 g/mol. The minimum Gasteiger partial charge on any atom is -0.341 e. The van der Waals surface area contributed by atoms with E-state index in [1.165, 1.54) is 0 Å². The topological polar surface area (TPSA) is 35.6 Å². The van der Waals surface area contributed by atoms with Gasteiger partial charge in [-0.15, -0.1) is 0 Å². The summed E-state index contributed by atoms with van der Waals surface area (Å²) in [5, 5.41) is 3.35. The zero-order chi connectivity index (χ0) is 14.4. The summed E-state index contributed by atoms with van der Waals surface area (Å²) in [5.41, 5.74) is 0. The van der Waals surface area contributed by atoms with E-state index < -0.39 is 0 Å². The third-order valence-corrected chi connectivity index (χ3v) is 3.57. The number of carbonyl (C=O) groups is 1. The standard InChI is InChI=1S/C15H31N3O/c1-12(2)9-18(10-13(3)4)15(19)11-17(5)14-6-7-16-8-14/h12-14,16H,6-11H2,1-5H3. The number of hydrogen-bond acceptors (Lipinski definition) is 3. The first-order valence-electron chi connectivity index (χ1n) is 7.58. The molecule has 0 aromatic heterocycles. The molecule has 0 bridgehead atoms. The van der Waals surface area contributed by atoms with E-state index in [4.69, 9.17) is 0 Å². The van der Waals surface area contributed by atoms with Crippen LogP contribution in [-0.4, -0.2) is 61.5 Å². The lowest BCUT2D eigenvalue weighted by Crippen LogP contribution is -2.45. The van der Waals surface area contributed by atoms with E-state index in [0.29, 0.717) is 24.4 Å². The van der Waals surface area contributed by atoms with Gasteiger partial charge in [0.05, 0.1) is 6.54 Å². The van der Waals surface area contributed by atoms with Crippen molar-refractivity contribution in [2.24, 2.45) is 11.8 Å². The maximum absolute atomic E-state index is 12.4. The highest BCUT2D eigenvalue weighted by molar-refractivity contribution is 5.78. The van der Waals surface area contributed by atoms with Gasteiger partial charge in [-0.25, -0.2) is 0 Å². The predicted octanol–water partition coefficient (Wildman–Crippen LogP) is 1.42. The van der Waals surface area contributed by atoms with Crippen molar-refractivity contribution < 1.29 is 4.79 Å². The normalized spacial score (nSPS) is 19.7. The number of carbonyl (C=O) groups excluding carboxylic acids is 1. The largest absolute Gasteiger partial charge is 0.341 e. The monoisotopic (exact) mass is 269 g/mol. The van der Waals surface area contributed by atoms with Crippen molar-refractivity contribution in [3.05, 3.63) is 0 Å². The second-order valence-electron chi connectivity index (χ2n) is 6.65. The van der Waals surface area contributed by atoms with E-state index >= 15 is 0 Å². The zero-order valence-corrected chi connectivity index (χ0v) is 13.3. The van der Waals surface area contributed by atoms with Crippen molar-refractivity contribution in [3.8, 4) is 0 Å². The summed E-state index contributed by atoms with van der Waals surface area (Å²) in [4.78, 5) is 16.7. The molecule has 1 heterocycles. The Labute approximate surface area is 118 Å². The van der Waals surface area contributed by atoms with Gasteiger partial charge < -0.3 is 10.2 Å². The molecule has 112 valence electrons. The minimum atomic E-state index is 0.275. The molecular formula is C15H31N3O. The van der Waals surface area contributed by atoms with Gasteiger partial charge in [-0.2, -0.15) is 0 Å². The Hall–Kier alpha value is -0.610. The van der Waals surface area contributed by atoms with Crippen molar-refractivity contribution in [2.45, 2.75) is 40.2 Å². The minimum absolute atomic E-state index is 0.275. The highest BCUT2D eigenvalue weighted by Crippen LogP contribution is 2.09. The predicted molar refractivity (Wildman–Crippen MR) is 80.2 cm³/mol. The van der Waals surface area contributed by atoms with E-state index in [-0.39, 0.29) is 5.91 Å². The summed E-state index contributed by atoms with van der Waals surface area (Å²) < 4.78 is 0. The lowest BCUT2D eigenvalue weighted by atomic mass is 10.1. The van der Waals surface area contributed by atoms with Crippen LogP contribution >= 0.6 is 0 Å². The first kappa shape index (κ1) is 16.4. The van der Waals surface area contributed by atoms with E-state index in [9.17, 15) is 4.79 Å². The number of amides is 1. The summed E-state index contributed by atoms with van der Waals surface area (Å²) in [6.45, 7) is 13.1. The fourth-order valence-corrected chi connectivity index (χ4v) is 2.62. The lowest BCUT2D eigenvalue weighted by molar-refractivity contribution is -0.133.